The van der Waals surface area contributed by atoms with Crippen molar-refractivity contribution in [3.63, 3.8) is 0 Å². The molecule has 0 atom stereocenters. The van der Waals surface area contributed by atoms with Gasteiger partial charge < -0.3 is 14.8 Å². The predicted octanol–water partition coefficient (Wildman–Crippen LogP) is 4.20. The number of amides is 1. The van der Waals surface area contributed by atoms with Gasteiger partial charge in [-0.25, -0.2) is 0 Å². The molecule has 3 aromatic rings. The highest BCUT2D eigenvalue weighted by Crippen LogP contribution is 2.27. The Balaban J connectivity index is 1.64. The van der Waals surface area contributed by atoms with Gasteiger partial charge in [-0.05, 0) is 50.1 Å². The molecule has 0 unspecified atom stereocenters. The lowest BCUT2D eigenvalue weighted by Crippen LogP contribution is -2.20. The Morgan fingerprint density at radius 2 is 1.68 bits per heavy atom. The van der Waals surface area contributed by atoms with Gasteiger partial charge in [0, 0.05) is 23.9 Å². The van der Waals surface area contributed by atoms with Crippen LogP contribution in [0, 0.1) is 20.8 Å². The third kappa shape index (κ3) is 5.54. The lowest BCUT2D eigenvalue weighted by Gasteiger charge is -2.09. The summed E-state index contributed by atoms with van der Waals surface area (Å²) in [4.78, 5) is 12.3. The summed E-state index contributed by atoms with van der Waals surface area (Å²) < 4.78 is 12.5. The first-order chi connectivity index (χ1) is 14.9. The zero-order valence-corrected chi connectivity index (χ0v) is 18.7. The second-order valence-electron chi connectivity index (χ2n) is 7.47. The minimum atomic E-state index is -0.167. The highest BCUT2D eigenvalue weighted by molar-refractivity contribution is 5.92. The van der Waals surface area contributed by atoms with Crippen LogP contribution in [0.4, 0.5) is 0 Å². The van der Waals surface area contributed by atoms with Crippen molar-refractivity contribution in [1.82, 2.24) is 15.1 Å². The molecular formula is C25H29N3O3. The minimum Gasteiger partial charge on any atom is -0.493 e. The summed E-state index contributed by atoms with van der Waals surface area (Å²) in [6.07, 6.45) is 3.38. The molecule has 0 saturated heterocycles. The Bertz CT molecular complexity index is 1080. The van der Waals surface area contributed by atoms with Crippen LogP contribution in [0.5, 0.6) is 11.5 Å². The summed E-state index contributed by atoms with van der Waals surface area (Å²) in [5.74, 6) is 1.13. The van der Waals surface area contributed by atoms with Crippen LogP contribution in [-0.4, -0.2) is 29.9 Å². The number of aromatic nitrogens is 2. The summed E-state index contributed by atoms with van der Waals surface area (Å²) in [6, 6.07) is 14.0. The molecule has 0 spiro atoms. The summed E-state index contributed by atoms with van der Waals surface area (Å²) in [7, 11) is 3.18. The fourth-order valence-electron chi connectivity index (χ4n) is 3.37. The van der Waals surface area contributed by atoms with Crippen LogP contribution in [0.1, 0.15) is 33.6 Å². The topological polar surface area (TPSA) is 65.4 Å². The molecule has 0 fully saturated rings. The average Bonchev–Trinajstić information content (AvgIpc) is 3.04. The zero-order chi connectivity index (χ0) is 22.4. The van der Waals surface area contributed by atoms with Crippen LogP contribution in [0.25, 0.3) is 6.08 Å². The Morgan fingerprint density at radius 3 is 2.35 bits per heavy atom. The van der Waals surface area contributed by atoms with Crippen molar-refractivity contribution in [1.29, 1.82) is 0 Å². The smallest absolute Gasteiger partial charge is 0.244 e. The van der Waals surface area contributed by atoms with Crippen LogP contribution in [-0.2, 0) is 17.9 Å². The molecule has 0 aliphatic heterocycles. The number of nitrogens with one attached hydrogen (secondary N) is 1. The molecular weight excluding hydrogens is 390 g/mol. The van der Waals surface area contributed by atoms with E-state index in [0.29, 0.717) is 24.6 Å². The molecule has 6 heteroatoms. The van der Waals surface area contributed by atoms with Crippen molar-refractivity contribution in [3.8, 4) is 11.5 Å². The van der Waals surface area contributed by atoms with Crippen LogP contribution in [0.15, 0.2) is 48.5 Å². The Kier molecular flexibility index (Phi) is 7.13. The molecule has 1 aromatic heterocycles. The Hall–Kier alpha value is -3.54. The summed E-state index contributed by atoms with van der Waals surface area (Å²) in [5, 5.41) is 7.54. The van der Waals surface area contributed by atoms with Gasteiger partial charge in [0.15, 0.2) is 11.5 Å². The molecule has 1 N–H and O–H groups in total. The SMILES string of the molecule is COc1ccc(CNC(=O)/C=C/c2c(C)nn(Cc3ccc(C)cc3)c2C)cc1OC. The maximum atomic E-state index is 12.3. The maximum absolute atomic E-state index is 12.3. The highest BCUT2D eigenvalue weighted by Gasteiger charge is 2.10. The van der Waals surface area contributed by atoms with Gasteiger partial charge in [0.25, 0.3) is 0 Å². The van der Waals surface area contributed by atoms with Gasteiger partial charge >= 0.3 is 0 Å². The number of carbonyl (C=O) groups is 1. The fourth-order valence-corrected chi connectivity index (χ4v) is 3.37. The van der Waals surface area contributed by atoms with Gasteiger partial charge in [-0.3, -0.25) is 9.48 Å². The van der Waals surface area contributed by atoms with Crippen molar-refractivity contribution in [3.05, 3.63) is 82.2 Å². The molecule has 6 nitrogen and oxygen atoms in total. The molecule has 0 aliphatic carbocycles. The van der Waals surface area contributed by atoms with Crippen molar-refractivity contribution >= 4 is 12.0 Å². The lowest BCUT2D eigenvalue weighted by atomic mass is 10.1. The normalized spacial score (nSPS) is 11.0. The highest BCUT2D eigenvalue weighted by atomic mass is 16.5. The first kappa shape index (κ1) is 22.2. The standard InChI is InChI=1S/C25H29N3O3/c1-17-6-8-20(9-7-17)16-28-19(3)22(18(2)27-28)11-13-25(29)26-15-21-10-12-23(30-4)24(14-21)31-5/h6-14H,15-16H2,1-5H3,(H,26,29)/b13-11+. The van der Waals surface area contributed by atoms with Gasteiger partial charge in [0.05, 0.1) is 26.5 Å². The van der Waals surface area contributed by atoms with Gasteiger partial charge in [0.1, 0.15) is 0 Å². The van der Waals surface area contributed by atoms with E-state index in [1.54, 1.807) is 20.3 Å². The number of aryl methyl sites for hydroxylation is 2. The summed E-state index contributed by atoms with van der Waals surface area (Å²) in [5.41, 5.74) is 6.25. The van der Waals surface area contributed by atoms with Gasteiger partial charge in [-0.1, -0.05) is 35.9 Å². The van der Waals surface area contributed by atoms with Crippen molar-refractivity contribution in [2.75, 3.05) is 14.2 Å². The van der Waals surface area contributed by atoms with Crippen LogP contribution >= 0.6 is 0 Å². The van der Waals surface area contributed by atoms with Crippen molar-refractivity contribution in [2.24, 2.45) is 0 Å². The summed E-state index contributed by atoms with van der Waals surface area (Å²) in [6.45, 7) is 7.15. The quantitative estimate of drug-likeness (QED) is 0.556. The number of hydrogen-bond acceptors (Lipinski definition) is 4. The van der Waals surface area contributed by atoms with E-state index in [1.807, 2.05) is 42.8 Å². The molecule has 3 rings (SSSR count). The predicted molar refractivity (Wildman–Crippen MR) is 122 cm³/mol. The second-order valence-corrected chi connectivity index (χ2v) is 7.47. The second kappa shape index (κ2) is 9.98. The number of hydrogen-bond donors (Lipinski definition) is 1. The number of nitrogens with zero attached hydrogens (tertiary/aromatic N) is 2. The molecule has 0 aliphatic rings. The van der Waals surface area contributed by atoms with Crippen LogP contribution in [0.2, 0.25) is 0 Å². The molecule has 31 heavy (non-hydrogen) atoms. The third-order valence-electron chi connectivity index (χ3n) is 5.21. The molecule has 1 heterocycles. The zero-order valence-electron chi connectivity index (χ0n) is 18.7. The van der Waals surface area contributed by atoms with Crippen molar-refractivity contribution in [2.45, 2.75) is 33.9 Å². The van der Waals surface area contributed by atoms with E-state index in [2.05, 4.69) is 41.6 Å². The van der Waals surface area contributed by atoms with Crippen molar-refractivity contribution < 1.29 is 14.3 Å². The van der Waals surface area contributed by atoms with E-state index in [-0.39, 0.29) is 5.91 Å². The lowest BCUT2D eigenvalue weighted by molar-refractivity contribution is -0.116. The monoisotopic (exact) mass is 419 g/mol. The van der Waals surface area contributed by atoms with Crippen LogP contribution < -0.4 is 14.8 Å². The Morgan fingerprint density at radius 1 is 1.00 bits per heavy atom. The maximum Gasteiger partial charge on any atom is 0.244 e. The molecule has 0 bridgehead atoms. The number of benzene rings is 2. The number of ether oxygens (including phenoxy) is 2. The van der Waals surface area contributed by atoms with E-state index in [4.69, 9.17) is 9.47 Å². The molecule has 162 valence electrons. The minimum absolute atomic E-state index is 0.167. The van der Waals surface area contributed by atoms with Gasteiger partial charge in [-0.2, -0.15) is 5.10 Å². The molecule has 2 aromatic carbocycles. The third-order valence-corrected chi connectivity index (χ3v) is 5.21. The largest absolute Gasteiger partial charge is 0.493 e. The first-order valence-electron chi connectivity index (χ1n) is 10.2. The van der Waals surface area contributed by atoms with E-state index in [0.717, 1.165) is 22.5 Å². The molecule has 1 amide bonds. The van der Waals surface area contributed by atoms with Crippen LogP contribution in [0.3, 0.4) is 0 Å². The Labute approximate surface area is 183 Å². The number of carbonyl (C=O) groups excluding carboxylic acids is 1. The molecule has 0 saturated carbocycles. The van der Waals surface area contributed by atoms with Gasteiger partial charge in [-0.15, -0.1) is 0 Å². The van der Waals surface area contributed by atoms with E-state index >= 15 is 0 Å². The summed E-state index contributed by atoms with van der Waals surface area (Å²) >= 11 is 0. The number of methoxy groups -OCH3 is 2. The van der Waals surface area contributed by atoms with E-state index in [1.165, 1.54) is 11.1 Å². The molecule has 0 radical (unpaired) electrons. The fraction of sp³-hybridized carbons (Fsp3) is 0.280. The number of rotatable bonds is 8. The average molecular weight is 420 g/mol. The first-order valence-corrected chi connectivity index (χ1v) is 10.2. The van der Waals surface area contributed by atoms with E-state index in [9.17, 15) is 4.79 Å². The van der Waals surface area contributed by atoms with E-state index < -0.39 is 0 Å². The van der Waals surface area contributed by atoms with Gasteiger partial charge in [0.2, 0.25) is 5.91 Å².